The van der Waals surface area contributed by atoms with E-state index in [9.17, 15) is 13.2 Å². The lowest BCUT2D eigenvalue weighted by Crippen LogP contribution is -2.51. The van der Waals surface area contributed by atoms with Gasteiger partial charge in [-0.05, 0) is 32.0 Å². The summed E-state index contributed by atoms with van der Waals surface area (Å²) in [6, 6.07) is 11.4. The Kier molecular flexibility index (Phi) is 7.04. The van der Waals surface area contributed by atoms with Crippen molar-refractivity contribution in [3.05, 3.63) is 58.1 Å². The van der Waals surface area contributed by atoms with Gasteiger partial charge in [0.05, 0.1) is 16.3 Å². The molecule has 32 heavy (non-hydrogen) atoms. The van der Waals surface area contributed by atoms with Crippen LogP contribution < -0.4 is 0 Å². The van der Waals surface area contributed by atoms with Crippen LogP contribution >= 0.6 is 23.1 Å². The fourth-order valence-corrected chi connectivity index (χ4v) is 7.35. The van der Waals surface area contributed by atoms with Crippen LogP contribution in [-0.2, 0) is 20.6 Å². The summed E-state index contributed by atoms with van der Waals surface area (Å²) < 4.78 is 32.9. The number of thiophene rings is 1. The van der Waals surface area contributed by atoms with Gasteiger partial charge < -0.3 is 9.32 Å². The minimum absolute atomic E-state index is 0.0152. The zero-order valence-corrected chi connectivity index (χ0v) is 20.4. The van der Waals surface area contributed by atoms with Crippen LogP contribution in [0.15, 0.2) is 52.0 Å². The van der Waals surface area contributed by atoms with Crippen LogP contribution in [0.1, 0.15) is 15.4 Å². The number of rotatable bonds is 7. The van der Waals surface area contributed by atoms with Crippen molar-refractivity contribution in [1.82, 2.24) is 14.2 Å². The van der Waals surface area contributed by atoms with Gasteiger partial charge in [0, 0.05) is 47.2 Å². The topological polar surface area (TPSA) is 83.7 Å². The van der Waals surface area contributed by atoms with Crippen molar-refractivity contribution in [2.45, 2.75) is 24.5 Å². The largest absolute Gasteiger partial charge is 0.444 e. The molecule has 10 heteroatoms. The summed E-state index contributed by atoms with van der Waals surface area (Å²) in [6.07, 6.45) is 1.62. The second kappa shape index (κ2) is 9.78. The first-order valence-electron chi connectivity index (χ1n) is 10.3. The molecule has 1 amide bonds. The monoisotopic (exact) mass is 491 g/mol. The van der Waals surface area contributed by atoms with E-state index in [1.807, 2.05) is 44.2 Å². The third-order valence-electron chi connectivity index (χ3n) is 5.25. The standard InChI is InChI=1S/C22H25N3O4S3/c1-16-12-20(17(2)31-16)32(27,28)25-10-8-24(9-11-25)21(26)15-30-14-19-13-29-22(23-19)18-6-4-3-5-7-18/h3-7,12-13H,8-11,14-15H2,1-2H3. The second-order valence-electron chi connectivity index (χ2n) is 7.57. The highest BCUT2D eigenvalue weighted by Gasteiger charge is 2.31. The number of nitrogens with zero attached hydrogens (tertiary/aromatic N) is 3. The van der Waals surface area contributed by atoms with Gasteiger partial charge in [0.1, 0.15) is 6.26 Å². The minimum Gasteiger partial charge on any atom is -0.444 e. The van der Waals surface area contributed by atoms with E-state index in [1.165, 1.54) is 27.4 Å². The van der Waals surface area contributed by atoms with Crippen molar-refractivity contribution >= 4 is 39.0 Å². The van der Waals surface area contributed by atoms with E-state index in [0.29, 0.717) is 48.5 Å². The lowest BCUT2D eigenvalue weighted by molar-refractivity contribution is -0.129. The number of amides is 1. The minimum atomic E-state index is -3.51. The van der Waals surface area contributed by atoms with E-state index in [0.717, 1.165) is 21.0 Å². The number of carbonyl (C=O) groups excluding carboxylic acids is 1. The van der Waals surface area contributed by atoms with E-state index < -0.39 is 10.0 Å². The molecule has 0 radical (unpaired) electrons. The Morgan fingerprint density at radius 3 is 2.53 bits per heavy atom. The molecule has 0 bridgehead atoms. The summed E-state index contributed by atoms with van der Waals surface area (Å²) in [5.41, 5.74) is 1.71. The summed E-state index contributed by atoms with van der Waals surface area (Å²) in [6.45, 7) is 5.19. The third-order valence-corrected chi connectivity index (χ3v) is 9.32. The van der Waals surface area contributed by atoms with Crippen molar-refractivity contribution < 1.29 is 17.6 Å². The molecule has 0 atom stereocenters. The number of aryl methyl sites for hydroxylation is 2. The lowest BCUT2D eigenvalue weighted by Gasteiger charge is -2.34. The smallest absolute Gasteiger partial charge is 0.244 e. The van der Waals surface area contributed by atoms with Crippen LogP contribution in [-0.4, -0.2) is 60.4 Å². The van der Waals surface area contributed by atoms with E-state index in [1.54, 1.807) is 17.2 Å². The van der Waals surface area contributed by atoms with Crippen LogP contribution in [0.2, 0.25) is 0 Å². The maximum atomic E-state index is 12.9. The highest BCUT2D eigenvalue weighted by Crippen LogP contribution is 2.28. The van der Waals surface area contributed by atoms with Crippen molar-refractivity contribution in [3.8, 4) is 11.5 Å². The first kappa shape index (κ1) is 23.0. The zero-order valence-electron chi connectivity index (χ0n) is 18.0. The predicted octanol–water partition coefficient (Wildman–Crippen LogP) is 3.79. The normalized spacial score (nSPS) is 15.2. The first-order chi connectivity index (χ1) is 15.3. The molecular formula is C22H25N3O4S3. The van der Waals surface area contributed by atoms with Gasteiger partial charge in [0.15, 0.2) is 0 Å². The van der Waals surface area contributed by atoms with Gasteiger partial charge in [0.2, 0.25) is 21.8 Å². The molecule has 0 unspecified atom stereocenters. The summed E-state index contributed by atoms with van der Waals surface area (Å²) in [5, 5.41) is 0. The van der Waals surface area contributed by atoms with Gasteiger partial charge in [-0.25, -0.2) is 13.4 Å². The zero-order chi connectivity index (χ0) is 22.7. The Hall–Kier alpha value is -2.14. The molecule has 170 valence electrons. The Labute approximate surface area is 196 Å². The molecular weight excluding hydrogens is 466 g/mol. The molecule has 3 aromatic rings. The number of hydrogen-bond acceptors (Lipinski definition) is 7. The molecule has 7 nitrogen and oxygen atoms in total. The molecule has 0 aliphatic carbocycles. The fourth-order valence-electron chi connectivity index (χ4n) is 3.60. The maximum absolute atomic E-state index is 12.9. The molecule has 1 aliphatic rings. The molecule has 0 spiro atoms. The molecule has 1 aliphatic heterocycles. The van der Waals surface area contributed by atoms with Gasteiger partial charge in [-0.1, -0.05) is 18.2 Å². The fraction of sp³-hybridized carbons (Fsp3) is 0.364. The third kappa shape index (κ3) is 5.09. The summed E-state index contributed by atoms with van der Waals surface area (Å²) >= 11 is 2.97. The quantitative estimate of drug-likeness (QED) is 0.500. The molecule has 1 fully saturated rings. The molecule has 0 saturated carbocycles. The number of thioether (sulfide) groups is 1. The van der Waals surface area contributed by atoms with Gasteiger partial charge >= 0.3 is 0 Å². The van der Waals surface area contributed by atoms with Crippen molar-refractivity contribution in [1.29, 1.82) is 0 Å². The summed E-state index contributed by atoms with van der Waals surface area (Å²) in [7, 11) is -3.51. The number of oxazole rings is 1. The lowest BCUT2D eigenvalue weighted by atomic mass is 10.2. The molecule has 3 heterocycles. The Balaban J connectivity index is 1.25. The number of piperazine rings is 1. The van der Waals surface area contributed by atoms with Crippen LogP contribution in [0.5, 0.6) is 0 Å². The second-order valence-corrected chi connectivity index (χ2v) is 11.9. The van der Waals surface area contributed by atoms with Gasteiger partial charge in [0.25, 0.3) is 0 Å². The van der Waals surface area contributed by atoms with Gasteiger partial charge in [-0.2, -0.15) is 4.31 Å². The summed E-state index contributed by atoms with van der Waals surface area (Å²) in [5.74, 6) is 1.48. The highest BCUT2D eigenvalue weighted by atomic mass is 32.2. The van der Waals surface area contributed by atoms with Crippen LogP contribution in [0.25, 0.3) is 11.5 Å². The van der Waals surface area contributed by atoms with Gasteiger partial charge in [-0.15, -0.1) is 23.1 Å². The molecule has 4 rings (SSSR count). The van der Waals surface area contributed by atoms with E-state index >= 15 is 0 Å². The number of benzene rings is 1. The molecule has 2 aromatic heterocycles. The number of hydrogen-bond donors (Lipinski definition) is 0. The van der Waals surface area contributed by atoms with Gasteiger partial charge in [-0.3, -0.25) is 4.79 Å². The maximum Gasteiger partial charge on any atom is 0.244 e. The number of carbonyl (C=O) groups is 1. The Morgan fingerprint density at radius 1 is 1.16 bits per heavy atom. The van der Waals surface area contributed by atoms with Crippen LogP contribution in [0.3, 0.4) is 0 Å². The Bertz CT molecular complexity index is 1180. The van der Waals surface area contributed by atoms with Crippen LogP contribution in [0.4, 0.5) is 0 Å². The van der Waals surface area contributed by atoms with Crippen molar-refractivity contribution in [2.24, 2.45) is 0 Å². The Morgan fingerprint density at radius 2 is 1.88 bits per heavy atom. The predicted molar refractivity (Wildman–Crippen MR) is 127 cm³/mol. The van der Waals surface area contributed by atoms with E-state index in [-0.39, 0.29) is 5.91 Å². The average Bonchev–Trinajstić information content (AvgIpc) is 3.40. The summed E-state index contributed by atoms with van der Waals surface area (Å²) in [4.78, 5) is 21.0. The van der Waals surface area contributed by atoms with Crippen molar-refractivity contribution in [2.75, 3.05) is 31.9 Å². The number of aromatic nitrogens is 1. The first-order valence-corrected chi connectivity index (χ1v) is 13.7. The SMILES string of the molecule is Cc1cc(S(=O)(=O)N2CCN(C(=O)CSCc3coc(-c4ccccc4)n3)CC2)c(C)s1. The van der Waals surface area contributed by atoms with E-state index in [2.05, 4.69) is 4.98 Å². The molecule has 1 aromatic carbocycles. The van der Waals surface area contributed by atoms with Crippen LogP contribution in [0, 0.1) is 13.8 Å². The van der Waals surface area contributed by atoms with E-state index in [4.69, 9.17) is 4.42 Å². The average molecular weight is 492 g/mol. The molecule has 0 N–H and O–H groups in total. The van der Waals surface area contributed by atoms with Crippen molar-refractivity contribution in [3.63, 3.8) is 0 Å². The number of sulfonamides is 1. The molecule has 1 saturated heterocycles. The highest BCUT2D eigenvalue weighted by molar-refractivity contribution is 7.99.